The molecule has 0 unspecified atom stereocenters. The molecular weight excluding hydrogens is 448 g/mol. The van der Waals surface area contributed by atoms with Crippen molar-refractivity contribution < 1.29 is 17.6 Å². The Morgan fingerprint density at radius 2 is 2.13 bits per heavy atom. The van der Waals surface area contributed by atoms with E-state index in [9.17, 15) is 18.5 Å². The Kier molecular flexibility index (Phi) is 6.36. The third kappa shape index (κ3) is 4.76. The van der Waals surface area contributed by atoms with E-state index in [-0.39, 0.29) is 21.6 Å². The van der Waals surface area contributed by atoms with Gasteiger partial charge in [0.2, 0.25) is 15.0 Å². The van der Waals surface area contributed by atoms with Crippen molar-refractivity contribution in [2.45, 2.75) is 19.0 Å². The minimum Gasteiger partial charge on any atom is -0.457 e. The molecule has 0 saturated heterocycles. The van der Waals surface area contributed by atoms with E-state index in [1.165, 1.54) is 13.0 Å². The van der Waals surface area contributed by atoms with Gasteiger partial charge < -0.3 is 4.42 Å². The van der Waals surface area contributed by atoms with Gasteiger partial charge in [0.15, 0.2) is 0 Å². The third-order valence-electron chi connectivity index (χ3n) is 4.02. The van der Waals surface area contributed by atoms with E-state index in [4.69, 9.17) is 16.0 Å². The number of benzene rings is 1. The normalized spacial score (nSPS) is 11.9. The molecule has 3 aromatic rings. The highest BCUT2D eigenvalue weighted by Gasteiger charge is 2.20. The zero-order valence-electron chi connectivity index (χ0n) is 15.8. The fourth-order valence-corrected chi connectivity index (χ4v) is 4.07. The second kappa shape index (κ2) is 8.79. The van der Waals surface area contributed by atoms with E-state index in [2.05, 4.69) is 14.7 Å². The molecule has 154 valence electrons. The maximum absolute atomic E-state index is 12.4. The summed E-state index contributed by atoms with van der Waals surface area (Å²) in [6.07, 6.45) is 1.28. The van der Waals surface area contributed by atoms with Crippen molar-refractivity contribution in [1.82, 2.24) is 9.36 Å². The van der Waals surface area contributed by atoms with E-state index in [1.807, 2.05) is 19.1 Å². The molecule has 0 fully saturated rings. The van der Waals surface area contributed by atoms with Gasteiger partial charge in [0.05, 0.1) is 5.75 Å². The number of amides is 1. The Balaban J connectivity index is 1.79. The van der Waals surface area contributed by atoms with Crippen LogP contribution in [-0.2, 0) is 14.6 Å². The third-order valence-corrected chi connectivity index (χ3v) is 6.67. The Morgan fingerprint density at radius 3 is 2.80 bits per heavy atom. The van der Waals surface area contributed by atoms with E-state index in [1.54, 1.807) is 24.3 Å². The second-order valence-corrected chi connectivity index (χ2v) is 9.41. The Bertz CT molecular complexity index is 1290. The molecule has 1 N–H and O–H groups in total. The molecule has 0 atom stereocenters. The smallest absolute Gasteiger partial charge is 0.268 e. The summed E-state index contributed by atoms with van der Waals surface area (Å²) in [5.74, 6) is -0.0993. The fourth-order valence-electron chi connectivity index (χ4n) is 2.30. The Hall–Kier alpha value is -3.00. The van der Waals surface area contributed by atoms with Crippen LogP contribution in [0.5, 0.6) is 0 Å². The van der Waals surface area contributed by atoms with Crippen LogP contribution >= 0.6 is 23.1 Å². The summed E-state index contributed by atoms with van der Waals surface area (Å²) in [5.41, 5.74) is 1.45. The zero-order chi connectivity index (χ0) is 21.9. The average molecular weight is 463 g/mol. The summed E-state index contributed by atoms with van der Waals surface area (Å²) < 4.78 is 33.0. The molecule has 1 amide bonds. The molecule has 11 heteroatoms. The summed E-state index contributed by atoms with van der Waals surface area (Å²) in [5, 5.41) is 11.9. The van der Waals surface area contributed by atoms with Gasteiger partial charge in [-0.05, 0) is 30.7 Å². The van der Waals surface area contributed by atoms with Gasteiger partial charge in [0, 0.05) is 28.2 Å². The fraction of sp³-hybridized carbons (Fsp3) is 0.158. The number of hydrogen-bond donors (Lipinski definition) is 1. The van der Waals surface area contributed by atoms with Crippen molar-refractivity contribution in [3.8, 4) is 17.4 Å². The number of rotatable bonds is 6. The SMILES string of the molecule is CCS(=O)(=O)c1nsc(NC(=O)/C(C#N)=C\c2ccc(-c3ccc(C)c(Cl)c3)o2)n1. The lowest BCUT2D eigenvalue weighted by Crippen LogP contribution is -2.13. The predicted octanol–water partition coefficient (Wildman–Crippen LogP) is 4.10. The van der Waals surface area contributed by atoms with Gasteiger partial charge in [0.25, 0.3) is 11.1 Å². The molecule has 0 aliphatic heterocycles. The van der Waals surface area contributed by atoms with Gasteiger partial charge in [-0.1, -0.05) is 30.7 Å². The van der Waals surface area contributed by atoms with Crippen molar-refractivity contribution in [3.63, 3.8) is 0 Å². The zero-order valence-corrected chi connectivity index (χ0v) is 18.2. The number of anilines is 1. The molecule has 1 aromatic carbocycles. The Labute approximate surface area is 181 Å². The number of sulfone groups is 1. The predicted molar refractivity (Wildman–Crippen MR) is 114 cm³/mol. The molecule has 30 heavy (non-hydrogen) atoms. The van der Waals surface area contributed by atoms with Gasteiger partial charge in [-0.25, -0.2) is 8.42 Å². The van der Waals surface area contributed by atoms with E-state index < -0.39 is 15.7 Å². The van der Waals surface area contributed by atoms with Crippen molar-refractivity contribution in [2.75, 3.05) is 11.1 Å². The lowest BCUT2D eigenvalue weighted by Gasteiger charge is -2.01. The number of furan rings is 1. The minimum atomic E-state index is -3.58. The summed E-state index contributed by atoms with van der Waals surface area (Å²) in [4.78, 5) is 16.2. The standard InChI is InChI=1S/C19H15ClN4O4S2/c1-3-30(26,27)19-23-18(29-24-19)22-17(25)13(10-21)8-14-6-7-16(28-14)12-5-4-11(2)15(20)9-12/h4-9H,3H2,1-2H3,(H,22,23,24,25)/b13-8-. The van der Waals surface area contributed by atoms with Crippen LogP contribution in [0.1, 0.15) is 18.2 Å². The summed E-state index contributed by atoms with van der Waals surface area (Å²) in [6.45, 7) is 3.35. The number of nitriles is 1. The maximum Gasteiger partial charge on any atom is 0.268 e. The summed E-state index contributed by atoms with van der Waals surface area (Å²) in [6, 6.07) is 10.6. The van der Waals surface area contributed by atoms with Crippen LogP contribution in [0, 0.1) is 18.3 Å². The first-order valence-electron chi connectivity index (χ1n) is 8.59. The quantitative estimate of drug-likeness (QED) is 0.431. The highest BCUT2D eigenvalue weighted by Crippen LogP contribution is 2.27. The number of hydrogen-bond acceptors (Lipinski definition) is 8. The summed E-state index contributed by atoms with van der Waals surface area (Å²) in [7, 11) is -3.58. The lowest BCUT2D eigenvalue weighted by atomic mass is 10.1. The first-order chi connectivity index (χ1) is 14.2. The monoisotopic (exact) mass is 462 g/mol. The van der Waals surface area contributed by atoms with E-state index in [0.29, 0.717) is 28.1 Å². The van der Waals surface area contributed by atoms with Crippen LogP contribution in [0.4, 0.5) is 5.13 Å². The first-order valence-corrected chi connectivity index (χ1v) is 11.4. The van der Waals surface area contributed by atoms with Crippen LogP contribution in [0.25, 0.3) is 17.4 Å². The van der Waals surface area contributed by atoms with E-state index >= 15 is 0 Å². The second-order valence-electron chi connectivity index (χ2n) is 6.08. The number of carbonyl (C=O) groups is 1. The van der Waals surface area contributed by atoms with E-state index in [0.717, 1.165) is 11.1 Å². The molecule has 0 saturated carbocycles. The summed E-state index contributed by atoms with van der Waals surface area (Å²) >= 11 is 6.85. The van der Waals surface area contributed by atoms with Crippen molar-refractivity contribution in [1.29, 1.82) is 5.26 Å². The largest absolute Gasteiger partial charge is 0.457 e. The van der Waals surface area contributed by atoms with Gasteiger partial charge >= 0.3 is 0 Å². The minimum absolute atomic E-state index is 0.0254. The molecule has 0 bridgehead atoms. The first kappa shape index (κ1) is 21.7. The molecule has 8 nitrogen and oxygen atoms in total. The lowest BCUT2D eigenvalue weighted by molar-refractivity contribution is -0.112. The van der Waals surface area contributed by atoms with Crippen molar-refractivity contribution in [3.05, 3.63) is 52.3 Å². The topological polar surface area (TPSA) is 126 Å². The Morgan fingerprint density at radius 1 is 1.37 bits per heavy atom. The van der Waals surface area contributed by atoms with Gasteiger partial charge in [-0.2, -0.15) is 14.6 Å². The number of halogens is 1. The van der Waals surface area contributed by atoms with Crippen LogP contribution in [0.3, 0.4) is 0 Å². The number of aromatic nitrogens is 2. The molecule has 0 aliphatic rings. The molecular formula is C19H15ClN4O4S2. The molecule has 0 radical (unpaired) electrons. The van der Waals surface area contributed by atoms with Crippen LogP contribution in [-0.4, -0.2) is 29.4 Å². The van der Waals surface area contributed by atoms with Crippen LogP contribution < -0.4 is 5.32 Å². The highest BCUT2D eigenvalue weighted by atomic mass is 35.5. The molecule has 2 aromatic heterocycles. The van der Waals surface area contributed by atoms with Crippen molar-refractivity contribution >= 4 is 50.1 Å². The number of nitrogens with zero attached hydrogens (tertiary/aromatic N) is 3. The van der Waals surface area contributed by atoms with Crippen molar-refractivity contribution in [2.24, 2.45) is 0 Å². The molecule has 0 spiro atoms. The van der Waals surface area contributed by atoms with Crippen LogP contribution in [0.15, 0.2) is 45.5 Å². The van der Waals surface area contributed by atoms with Gasteiger partial charge in [-0.3, -0.25) is 10.1 Å². The van der Waals surface area contributed by atoms with Crippen LogP contribution in [0.2, 0.25) is 5.02 Å². The highest BCUT2D eigenvalue weighted by molar-refractivity contribution is 7.91. The molecule has 3 rings (SSSR count). The molecule has 2 heterocycles. The number of carbonyl (C=O) groups excluding carboxylic acids is 1. The number of aryl methyl sites for hydroxylation is 1. The van der Waals surface area contributed by atoms with Gasteiger partial charge in [0.1, 0.15) is 23.2 Å². The maximum atomic E-state index is 12.4. The average Bonchev–Trinajstić information content (AvgIpc) is 3.38. The molecule has 0 aliphatic carbocycles. The van der Waals surface area contributed by atoms with Gasteiger partial charge in [-0.15, -0.1) is 0 Å². The number of nitrogens with one attached hydrogen (secondary N) is 1.